The number of benzene rings is 1. The number of hydrogen-bond donors (Lipinski definition) is 3. The summed E-state index contributed by atoms with van der Waals surface area (Å²) < 4.78 is 0. The van der Waals surface area contributed by atoms with Crippen LogP contribution in [0.1, 0.15) is 16.8 Å². The highest BCUT2D eigenvalue weighted by Gasteiger charge is 2.03. The zero-order valence-corrected chi connectivity index (χ0v) is 10.4. The fraction of sp³-hybridized carbons (Fsp3) is 0.417. The number of thioether (sulfide) groups is 1. The van der Waals surface area contributed by atoms with Gasteiger partial charge in [-0.3, -0.25) is 4.79 Å². The molecule has 0 saturated carbocycles. The van der Waals surface area contributed by atoms with Crippen LogP contribution in [0.25, 0.3) is 0 Å². The van der Waals surface area contributed by atoms with Gasteiger partial charge in [-0.1, -0.05) is 0 Å². The van der Waals surface area contributed by atoms with E-state index in [4.69, 9.17) is 10.2 Å². The third-order valence-electron chi connectivity index (χ3n) is 2.11. The van der Waals surface area contributed by atoms with E-state index in [2.05, 4.69) is 5.32 Å². The van der Waals surface area contributed by atoms with Crippen LogP contribution in [-0.4, -0.2) is 40.8 Å². The standard InChI is InChI=1S/C12H17NO3S/c14-7-1-8-17-9-6-13-12(16)10-2-4-11(15)5-3-10/h2-5,14-15H,1,6-9H2,(H,13,16). The van der Waals surface area contributed by atoms with Gasteiger partial charge in [-0.15, -0.1) is 0 Å². The summed E-state index contributed by atoms with van der Waals surface area (Å²) in [7, 11) is 0. The summed E-state index contributed by atoms with van der Waals surface area (Å²) in [5.74, 6) is 1.77. The molecule has 1 rings (SSSR count). The molecule has 0 fully saturated rings. The third-order valence-corrected chi connectivity index (χ3v) is 3.18. The molecular weight excluding hydrogens is 238 g/mol. The Hall–Kier alpha value is -1.20. The highest BCUT2D eigenvalue weighted by molar-refractivity contribution is 7.99. The first-order chi connectivity index (χ1) is 8.24. The van der Waals surface area contributed by atoms with Gasteiger partial charge in [0.05, 0.1) is 0 Å². The first kappa shape index (κ1) is 13.9. The van der Waals surface area contributed by atoms with Gasteiger partial charge < -0.3 is 15.5 Å². The molecule has 4 nitrogen and oxygen atoms in total. The Bertz CT molecular complexity index is 340. The first-order valence-corrected chi connectivity index (χ1v) is 6.65. The first-order valence-electron chi connectivity index (χ1n) is 5.50. The molecule has 1 aromatic rings. The Morgan fingerprint density at radius 3 is 2.59 bits per heavy atom. The molecule has 0 aliphatic rings. The second kappa shape index (κ2) is 7.97. The van der Waals surface area contributed by atoms with Crippen LogP contribution in [0, 0.1) is 0 Å². The topological polar surface area (TPSA) is 69.6 Å². The number of rotatable bonds is 7. The van der Waals surface area contributed by atoms with Crippen molar-refractivity contribution in [2.24, 2.45) is 0 Å². The van der Waals surface area contributed by atoms with Crippen molar-refractivity contribution in [3.63, 3.8) is 0 Å². The molecule has 0 aromatic heterocycles. The molecule has 0 unspecified atom stereocenters. The summed E-state index contributed by atoms with van der Waals surface area (Å²) in [4.78, 5) is 11.6. The lowest BCUT2D eigenvalue weighted by Crippen LogP contribution is -2.25. The molecule has 5 heteroatoms. The summed E-state index contributed by atoms with van der Waals surface area (Å²) >= 11 is 1.70. The fourth-order valence-electron chi connectivity index (χ4n) is 1.22. The van der Waals surface area contributed by atoms with E-state index in [1.807, 2.05) is 0 Å². The SMILES string of the molecule is O=C(NCCSCCCO)c1ccc(O)cc1. The summed E-state index contributed by atoms with van der Waals surface area (Å²) in [5, 5.41) is 20.4. The summed E-state index contributed by atoms with van der Waals surface area (Å²) in [6.45, 7) is 0.822. The normalized spacial score (nSPS) is 10.2. The molecule has 0 saturated heterocycles. The number of carbonyl (C=O) groups is 1. The van der Waals surface area contributed by atoms with Gasteiger partial charge in [0, 0.05) is 24.5 Å². The number of phenolic OH excluding ortho intramolecular Hbond substituents is 1. The quantitative estimate of drug-likeness (QED) is 0.641. The monoisotopic (exact) mass is 255 g/mol. The molecule has 1 aromatic carbocycles. The number of aliphatic hydroxyl groups excluding tert-OH is 1. The van der Waals surface area contributed by atoms with E-state index in [1.54, 1.807) is 23.9 Å². The van der Waals surface area contributed by atoms with Crippen molar-refractivity contribution < 1.29 is 15.0 Å². The van der Waals surface area contributed by atoms with Crippen molar-refractivity contribution in [2.45, 2.75) is 6.42 Å². The molecule has 94 valence electrons. The highest BCUT2D eigenvalue weighted by Crippen LogP contribution is 2.09. The molecule has 17 heavy (non-hydrogen) atoms. The van der Waals surface area contributed by atoms with E-state index in [9.17, 15) is 4.79 Å². The average molecular weight is 255 g/mol. The number of hydrogen-bond acceptors (Lipinski definition) is 4. The van der Waals surface area contributed by atoms with Crippen LogP contribution in [0.3, 0.4) is 0 Å². The van der Waals surface area contributed by atoms with E-state index in [-0.39, 0.29) is 18.3 Å². The molecule has 0 radical (unpaired) electrons. The fourth-order valence-corrected chi connectivity index (χ4v) is 2.00. The third kappa shape index (κ3) is 5.60. The lowest BCUT2D eigenvalue weighted by Gasteiger charge is -2.05. The lowest BCUT2D eigenvalue weighted by atomic mass is 10.2. The van der Waals surface area contributed by atoms with Gasteiger partial charge >= 0.3 is 0 Å². The minimum atomic E-state index is -0.132. The number of amides is 1. The zero-order chi connectivity index (χ0) is 12.5. The molecule has 0 heterocycles. The Balaban J connectivity index is 2.19. The minimum Gasteiger partial charge on any atom is -0.508 e. The molecule has 3 N–H and O–H groups in total. The van der Waals surface area contributed by atoms with Crippen LogP contribution < -0.4 is 5.32 Å². The number of aromatic hydroxyl groups is 1. The van der Waals surface area contributed by atoms with Gasteiger partial charge in [-0.2, -0.15) is 11.8 Å². The Morgan fingerprint density at radius 2 is 1.94 bits per heavy atom. The molecule has 0 bridgehead atoms. The van der Waals surface area contributed by atoms with E-state index in [1.165, 1.54) is 12.1 Å². The zero-order valence-electron chi connectivity index (χ0n) is 9.56. The predicted octanol–water partition coefficient (Wildman–Crippen LogP) is 1.24. The Morgan fingerprint density at radius 1 is 1.24 bits per heavy atom. The predicted molar refractivity (Wildman–Crippen MR) is 69.5 cm³/mol. The van der Waals surface area contributed by atoms with E-state index >= 15 is 0 Å². The summed E-state index contributed by atoms with van der Waals surface area (Å²) in [6.07, 6.45) is 0.788. The second-order valence-electron chi connectivity index (χ2n) is 3.49. The minimum absolute atomic E-state index is 0.132. The second-order valence-corrected chi connectivity index (χ2v) is 4.72. The van der Waals surface area contributed by atoms with Gasteiger partial charge in [-0.25, -0.2) is 0 Å². The maximum absolute atomic E-state index is 11.6. The van der Waals surface area contributed by atoms with Gasteiger partial charge in [0.1, 0.15) is 5.75 Å². The number of aliphatic hydroxyl groups is 1. The maximum Gasteiger partial charge on any atom is 0.251 e. The number of carbonyl (C=O) groups excluding carboxylic acids is 1. The molecule has 0 atom stereocenters. The molecular formula is C12H17NO3S. The van der Waals surface area contributed by atoms with Crippen molar-refractivity contribution in [1.29, 1.82) is 0 Å². The van der Waals surface area contributed by atoms with Crippen molar-refractivity contribution in [3.8, 4) is 5.75 Å². The van der Waals surface area contributed by atoms with Crippen LogP contribution in [-0.2, 0) is 0 Å². The van der Waals surface area contributed by atoms with Crippen molar-refractivity contribution in [3.05, 3.63) is 29.8 Å². The summed E-state index contributed by atoms with van der Waals surface area (Å²) in [5.41, 5.74) is 0.545. The van der Waals surface area contributed by atoms with E-state index in [0.717, 1.165) is 17.9 Å². The van der Waals surface area contributed by atoms with Crippen molar-refractivity contribution in [2.75, 3.05) is 24.7 Å². The molecule has 1 amide bonds. The van der Waals surface area contributed by atoms with Crippen molar-refractivity contribution in [1.82, 2.24) is 5.32 Å². The van der Waals surface area contributed by atoms with Crippen molar-refractivity contribution >= 4 is 17.7 Å². The van der Waals surface area contributed by atoms with Gasteiger partial charge in [-0.05, 0) is 36.4 Å². The van der Waals surface area contributed by atoms with Crippen LogP contribution in [0.5, 0.6) is 5.75 Å². The number of nitrogens with one attached hydrogen (secondary N) is 1. The summed E-state index contributed by atoms with van der Waals surface area (Å²) in [6, 6.07) is 6.16. The van der Waals surface area contributed by atoms with Crippen LogP contribution in [0.4, 0.5) is 0 Å². The Labute approximate surface area is 105 Å². The Kier molecular flexibility index (Phi) is 6.50. The number of phenols is 1. The highest BCUT2D eigenvalue weighted by atomic mass is 32.2. The van der Waals surface area contributed by atoms with Crippen LogP contribution in [0.2, 0.25) is 0 Å². The molecule has 0 aliphatic carbocycles. The molecule has 0 aliphatic heterocycles. The van der Waals surface area contributed by atoms with E-state index < -0.39 is 0 Å². The van der Waals surface area contributed by atoms with Gasteiger partial charge in [0.2, 0.25) is 0 Å². The van der Waals surface area contributed by atoms with Crippen LogP contribution in [0.15, 0.2) is 24.3 Å². The molecule has 0 spiro atoms. The van der Waals surface area contributed by atoms with E-state index in [0.29, 0.717) is 12.1 Å². The largest absolute Gasteiger partial charge is 0.508 e. The van der Waals surface area contributed by atoms with Gasteiger partial charge in [0.25, 0.3) is 5.91 Å². The van der Waals surface area contributed by atoms with Crippen LogP contribution >= 0.6 is 11.8 Å². The maximum atomic E-state index is 11.6. The smallest absolute Gasteiger partial charge is 0.251 e. The van der Waals surface area contributed by atoms with Gasteiger partial charge in [0.15, 0.2) is 0 Å². The lowest BCUT2D eigenvalue weighted by molar-refractivity contribution is 0.0956. The average Bonchev–Trinajstić information content (AvgIpc) is 2.34.